The van der Waals surface area contributed by atoms with Crippen molar-refractivity contribution in [3.8, 4) is 5.75 Å². The second-order valence-electron chi connectivity index (χ2n) is 8.90. The molecule has 2 N–H and O–H groups in total. The number of esters is 2. The average molecular weight is 518 g/mol. The lowest BCUT2D eigenvalue weighted by atomic mass is 9.72. The van der Waals surface area contributed by atoms with Crippen LogP contribution in [0.1, 0.15) is 35.6 Å². The summed E-state index contributed by atoms with van der Waals surface area (Å²) in [6, 6.07) is 4.82. The van der Waals surface area contributed by atoms with Crippen molar-refractivity contribution < 1.29 is 38.3 Å². The number of carbonyl (C=O) groups is 3. The van der Waals surface area contributed by atoms with Crippen molar-refractivity contribution in [3.63, 3.8) is 0 Å². The molecule has 3 rings (SSSR count). The van der Waals surface area contributed by atoms with Gasteiger partial charge in [-0.1, -0.05) is 12.1 Å². The number of nitrogens with one attached hydrogen (secondary N) is 1. The molecule has 37 heavy (non-hydrogen) atoms. The third kappa shape index (κ3) is 8.51. The van der Waals surface area contributed by atoms with Gasteiger partial charge < -0.3 is 34.1 Å². The Hall–Kier alpha value is -3.56. The van der Waals surface area contributed by atoms with Crippen molar-refractivity contribution >= 4 is 25.0 Å². The number of likely N-dealkylation sites (N-methyl/N-ethyl adjacent to an activating group) is 1. The van der Waals surface area contributed by atoms with E-state index in [0.717, 1.165) is 6.54 Å². The Morgan fingerprint density at radius 3 is 2.84 bits per heavy atom. The number of fused-ring (bicyclic) bond motifs is 1. The topological polar surface area (TPSA) is 167 Å². The number of rotatable bonds is 12. The van der Waals surface area contributed by atoms with Crippen LogP contribution >= 0.6 is 0 Å². The number of hydrogen-bond donors (Lipinski definition) is 2. The second-order valence-corrected chi connectivity index (χ2v) is 8.90. The Morgan fingerprint density at radius 2 is 2.11 bits per heavy atom. The van der Waals surface area contributed by atoms with Crippen LogP contribution in [-0.2, 0) is 43.2 Å². The molecule has 1 aliphatic rings. The number of carbonyl (C=O) groups excluding carboxylic acids is 3. The fourth-order valence-corrected chi connectivity index (χ4v) is 3.44. The highest BCUT2D eigenvalue weighted by molar-refractivity contribution is 6.47. The van der Waals surface area contributed by atoms with E-state index in [1.807, 2.05) is 19.0 Å². The van der Waals surface area contributed by atoms with Gasteiger partial charge in [0.25, 0.3) is 0 Å². The first kappa shape index (κ1) is 28.0. The van der Waals surface area contributed by atoms with Gasteiger partial charge in [-0.2, -0.15) is 4.80 Å². The van der Waals surface area contributed by atoms with E-state index >= 15 is 0 Å². The first-order valence-corrected chi connectivity index (χ1v) is 11.7. The Balaban J connectivity index is 1.52. The summed E-state index contributed by atoms with van der Waals surface area (Å²) in [6.45, 7) is 3.84. The zero-order valence-electron chi connectivity index (χ0n) is 21.2. The molecular formula is C22H31BN6O8. The van der Waals surface area contributed by atoms with Gasteiger partial charge in [0, 0.05) is 6.54 Å². The molecule has 2 heterocycles. The lowest BCUT2D eigenvalue weighted by Crippen LogP contribution is -2.53. The number of hydrogen-bond acceptors (Lipinski definition) is 12. The van der Waals surface area contributed by atoms with Crippen molar-refractivity contribution in [2.45, 2.75) is 45.3 Å². The summed E-state index contributed by atoms with van der Waals surface area (Å²) in [7, 11) is 2.45. The molecule has 0 saturated carbocycles. The quantitative estimate of drug-likeness (QED) is 0.152. The molecule has 0 aliphatic carbocycles. The molecule has 0 radical (unpaired) electrons. The minimum atomic E-state index is -1.41. The fourth-order valence-electron chi connectivity index (χ4n) is 3.44. The van der Waals surface area contributed by atoms with Gasteiger partial charge >= 0.3 is 19.1 Å². The van der Waals surface area contributed by atoms with Gasteiger partial charge in [0.15, 0.2) is 12.6 Å². The van der Waals surface area contributed by atoms with Crippen molar-refractivity contribution in [3.05, 3.63) is 35.2 Å². The molecule has 1 aliphatic heterocycles. The highest BCUT2D eigenvalue weighted by Gasteiger charge is 2.38. The smallest absolute Gasteiger partial charge is 0.534 e. The number of nitrogens with zero attached hydrogens (tertiary/aromatic N) is 5. The second kappa shape index (κ2) is 13.1. The van der Waals surface area contributed by atoms with Crippen LogP contribution in [0.25, 0.3) is 0 Å². The van der Waals surface area contributed by atoms with E-state index in [1.54, 1.807) is 26.0 Å². The molecule has 1 aromatic carbocycles. The summed E-state index contributed by atoms with van der Waals surface area (Å²) in [4.78, 5) is 39.9. The van der Waals surface area contributed by atoms with Gasteiger partial charge in [0.05, 0.1) is 25.0 Å². The largest absolute Gasteiger partial charge is 0.547 e. The number of benzene rings is 1. The zero-order valence-corrected chi connectivity index (χ0v) is 21.2. The van der Waals surface area contributed by atoms with Gasteiger partial charge in [-0.25, -0.2) is 9.59 Å². The van der Waals surface area contributed by atoms with Gasteiger partial charge in [-0.05, 0) is 51.2 Å². The van der Waals surface area contributed by atoms with Crippen LogP contribution in [0.4, 0.5) is 0 Å². The molecule has 15 heteroatoms. The minimum absolute atomic E-state index is 0.0771. The van der Waals surface area contributed by atoms with E-state index in [0.29, 0.717) is 12.1 Å². The van der Waals surface area contributed by atoms with Crippen LogP contribution in [0, 0.1) is 0 Å². The SMILES string of the molecule is CC(C)OC(=O)COCOC(=O)c1cccc2c1OB(O)[C@@H](NC(=O)Cc1nnn(CCN(C)C)n1)C2. The normalized spacial score (nSPS) is 14.8. The minimum Gasteiger partial charge on any atom is -0.534 e. The summed E-state index contributed by atoms with van der Waals surface area (Å²) in [6.07, 6.45) is -0.184. The molecule has 200 valence electrons. The fraction of sp³-hybridized carbons (Fsp3) is 0.545. The van der Waals surface area contributed by atoms with Gasteiger partial charge in [0.1, 0.15) is 17.9 Å². The number of aromatic nitrogens is 4. The predicted molar refractivity (Wildman–Crippen MR) is 128 cm³/mol. The number of ether oxygens (including phenoxy) is 3. The van der Waals surface area contributed by atoms with E-state index < -0.39 is 37.7 Å². The first-order chi connectivity index (χ1) is 17.6. The highest BCUT2D eigenvalue weighted by Crippen LogP contribution is 2.30. The van der Waals surface area contributed by atoms with Crippen LogP contribution in [-0.4, -0.2) is 101 Å². The van der Waals surface area contributed by atoms with E-state index in [9.17, 15) is 19.4 Å². The van der Waals surface area contributed by atoms with Crippen LogP contribution in [0.2, 0.25) is 0 Å². The summed E-state index contributed by atoms with van der Waals surface area (Å²) >= 11 is 0. The summed E-state index contributed by atoms with van der Waals surface area (Å²) < 4.78 is 20.6. The van der Waals surface area contributed by atoms with Crippen LogP contribution < -0.4 is 9.97 Å². The Labute approximate surface area is 214 Å². The third-order valence-electron chi connectivity index (χ3n) is 5.11. The zero-order chi connectivity index (χ0) is 26.9. The van der Waals surface area contributed by atoms with E-state index in [1.165, 1.54) is 10.9 Å². The third-order valence-corrected chi connectivity index (χ3v) is 5.11. The van der Waals surface area contributed by atoms with Crippen molar-refractivity contribution in [1.82, 2.24) is 30.4 Å². The number of para-hydroxylation sites is 1. The molecular weight excluding hydrogens is 487 g/mol. The van der Waals surface area contributed by atoms with E-state index in [-0.39, 0.29) is 42.7 Å². The van der Waals surface area contributed by atoms with Gasteiger partial charge in [-0.15, -0.1) is 10.2 Å². The van der Waals surface area contributed by atoms with Crippen molar-refractivity contribution in [2.24, 2.45) is 0 Å². The Bertz CT molecular complexity index is 1090. The van der Waals surface area contributed by atoms with Crippen molar-refractivity contribution in [2.75, 3.05) is 34.0 Å². The lowest BCUT2D eigenvalue weighted by Gasteiger charge is -2.29. The van der Waals surface area contributed by atoms with Crippen LogP contribution in [0.15, 0.2) is 18.2 Å². The maximum atomic E-state index is 12.5. The predicted octanol–water partition coefficient (Wildman–Crippen LogP) is -1.00. The van der Waals surface area contributed by atoms with E-state index in [4.69, 9.17) is 18.9 Å². The molecule has 0 saturated heterocycles. The molecule has 1 atom stereocenters. The average Bonchev–Trinajstić information content (AvgIpc) is 3.27. The van der Waals surface area contributed by atoms with Gasteiger partial charge in [-0.3, -0.25) is 4.79 Å². The van der Waals surface area contributed by atoms with Crippen LogP contribution in [0.3, 0.4) is 0 Å². The standard InChI is InChI=1S/C22H31BN6O8/c1-14(2)36-20(31)12-34-13-35-22(32)16-7-5-6-15-10-17(23(33)37-21(15)16)24-19(30)11-18-25-27-29(26-18)9-8-28(3)4/h5-7,14,17,33H,8-13H2,1-4H3,(H,24,30)/t17-/m0/s1. The van der Waals surface area contributed by atoms with Crippen molar-refractivity contribution in [1.29, 1.82) is 0 Å². The number of amides is 1. The van der Waals surface area contributed by atoms with Gasteiger partial charge in [0.2, 0.25) is 5.91 Å². The highest BCUT2D eigenvalue weighted by atomic mass is 16.7. The van der Waals surface area contributed by atoms with E-state index in [2.05, 4.69) is 20.7 Å². The molecule has 1 aromatic heterocycles. The molecule has 2 aromatic rings. The Morgan fingerprint density at radius 1 is 1.32 bits per heavy atom. The summed E-state index contributed by atoms with van der Waals surface area (Å²) in [5, 5.41) is 25.2. The maximum absolute atomic E-state index is 12.5. The molecule has 0 bridgehead atoms. The molecule has 14 nitrogen and oxygen atoms in total. The lowest BCUT2D eigenvalue weighted by molar-refractivity contribution is -0.156. The summed E-state index contributed by atoms with van der Waals surface area (Å²) in [5.41, 5.74) is 0.674. The van der Waals surface area contributed by atoms with Crippen LogP contribution in [0.5, 0.6) is 5.75 Å². The summed E-state index contributed by atoms with van der Waals surface area (Å²) in [5.74, 6) is -2.10. The molecule has 1 amide bonds. The monoisotopic (exact) mass is 518 g/mol. The first-order valence-electron chi connectivity index (χ1n) is 11.7. The number of tetrazole rings is 1. The molecule has 0 spiro atoms. The molecule has 0 unspecified atom stereocenters. The Kier molecular flexibility index (Phi) is 9.94. The maximum Gasteiger partial charge on any atom is 0.547 e. The molecule has 0 fully saturated rings.